The highest BCUT2D eigenvalue weighted by molar-refractivity contribution is 6.35. The number of benzene rings is 2. The van der Waals surface area contributed by atoms with E-state index in [0.29, 0.717) is 39.7 Å². The number of hydrogen-bond acceptors (Lipinski definition) is 3. The van der Waals surface area contributed by atoms with Crippen LogP contribution in [0.25, 0.3) is 0 Å². The van der Waals surface area contributed by atoms with E-state index in [1.807, 2.05) is 18.2 Å². The molecule has 0 spiro atoms. The molecule has 0 saturated heterocycles. The van der Waals surface area contributed by atoms with Gasteiger partial charge in [0.25, 0.3) is 0 Å². The summed E-state index contributed by atoms with van der Waals surface area (Å²) in [6.45, 7) is 5.31. The van der Waals surface area contributed by atoms with Gasteiger partial charge in [-0.05, 0) is 29.8 Å². The molecule has 0 amide bonds. The lowest BCUT2D eigenvalue weighted by atomic mass is 10.2. The normalized spacial score (nSPS) is 10.1. The smallest absolute Gasteiger partial charge is 0.180 e. The molecule has 0 aliphatic rings. The molecule has 0 heterocycles. The molecule has 2 rings (SSSR count). The minimum atomic E-state index is 0. The molecule has 0 aliphatic heterocycles. The maximum Gasteiger partial charge on any atom is 0.180 e. The molecule has 25 heavy (non-hydrogen) atoms. The van der Waals surface area contributed by atoms with Crippen molar-refractivity contribution in [3.05, 3.63) is 69.2 Å². The van der Waals surface area contributed by atoms with E-state index >= 15 is 0 Å². The highest BCUT2D eigenvalue weighted by Crippen LogP contribution is 2.37. The lowest BCUT2D eigenvalue weighted by Gasteiger charge is -2.15. The van der Waals surface area contributed by atoms with Crippen LogP contribution in [0.15, 0.2) is 43.0 Å². The van der Waals surface area contributed by atoms with E-state index in [1.54, 1.807) is 25.3 Å². The summed E-state index contributed by atoms with van der Waals surface area (Å²) in [4.78, 5) is 0. The van der Waals surface area contributed by atoms with Crippen molar-refractivity contribution in [3.63, 3.8) is 0 Å². The van der Waals surface area contributed by atoms with E-state index in [1.165, 1.54) is 0 Å². The molecule has 3 nitrogen and oxygen atoms in total. The molecule has 0 radical (unpaired) electrons. The van der Waals surface area contributed by atoms with Crippen molar-refractivity contribution in [2.24, 2.45) is 0 Å². The molecule has 0 atom stereocenters. The number of rotatable bonds is 8. The first-order valence-corrected chi connectivity index (χ1v) is 8.43. The molecule has 0 saturated carbocycles. The summed E-state index contributed by atoms with van der Waals surface area (Å²) >= 11 is 18.4. The minimum absolute atomic E-state index is 0. The Morgan fingerprint density at radius 1 is 1.12 bits per heavy atom. The van der Waals surface area contributed by atoms with E-state index in [-0.39, 0.29) is 19.0 Å². The average Bonchev–Trinajstić information content (AvgIpc) is 2.55. The van der Waals surface area contributed by atoms with Crippen LogP contribution in [0.1, 0.15) is 11.1 Å². The Bertz CT molecular complexity index is 722. The summed E-state index contributed by atoms with van der Waals surface area (Å²) in [5.74, 6) is 1.06. The molecule has 0 bridgehead atoms. The third kappa shape index (κ3) is 6.28. The Morgan fingerprint density at radius 3 is 2.52 bits per heavy atom. The van der Waals surface area contributed by atoms with Crippen LogP contribution in [0.2, 0.25) is 15.1 Å². The highest BCUT2D eigenvalue weighted by Gasteiger charge is 2.13. The molecule has 0 aromatic heterocycles. The Morgan fingerprint density at radius 2 is 1.88 bits per heavy atom. The zero-order valence-corrected chi connectivity index (χ0v) is 16.7. The van der Waals surface area contributed by atoms with Gasteiger partial charge in [-0.15, -0.1) is 19.0 Å². The van der Waals surface area contributed by atoms with Crippen LogP contribution in [-0.4, -0.2) is 13.7 Å². The van der Waals surface area contributed by atoms with Gasteiger partial charge in [-0.2, -0.15) is 0 Å². The lowest BCUT2D eigenvalue weighted by molar-refractivity contribution is 0.284. The molecule has 0 aliphatic carbocycles. The standard InChI is InChI=1S/C18H18Cl3NO2.ClH/c1-3-6-22-10-12-7-16(21)18(17(8-12)23-2)24-11-13-4-5-14(19)9-15(13)20;/h3-5,7-9,22H,1,6,10-11H2,2H3;1H. The third-order valence-electron chi connectivity index (χ3n) is 3.29. The summed E-state index contributed by atoms with van der Waals surface area (Å²) in [7, 11) is 1.58. The number of nitrogens with one attached hydrogen (secondary N) is 1. The van der Waals surface area contributed by atoms with Gasteiger partial charge in [0.1, 0.15) is 6.61 Å². The zero-order valence-electron chi connectivity index (χ0n) is 13.7. The lowest BCUT2D eigenvalue weighted by Crippen LogP contribution is -2.12. The van der Waals surface area contributed by atoms with E-state index in [9.17, 15) is 0 Å². The molecule has 2 aromatic carbocycles. The second kappa shape index (κ2) is 10.8. The van der Waals surface area contributed by atoms with Crippen molar-refractivity contribution in [1.29, 1.82) is 0 Å². The summed E-state index contributed by atoms with van der Waals surface area (Å²) in [6, 6.07) is 8.99. The molecular weight excluding hydrogens is 404 g/mol. The molecule has 0 unspecified atom stereocenters. The summed E-state index contributed by atoms with van der Waals surface area (Å²) in [6.07, 6.45) is 1.80. The molecule has 1 N–H and O–H groups in total. The van der Waals surface area contributed by atoms with Crippen LogP contribution in [0, 0.1) is 0 Å². The van der Waals surface area contributed by atoms with Crippen LogP contribution in [-0.2, 0) is 13.2 Å². The van der Waals surface area contributed by atoms with Gasteiger partial charge in [0.15, 0.2) is 11.5 Å². The van der Waals surface area contributed by atoms with Gasteiger partial charge in [-0.1, -0.05) is 46.9 Å². The van der Waals surface area contributed by atoms with Gasteiger partial charge >= 0.3 is 0 Å². The average molecular weight is 423 g/mol. The Hall–Kier alpha value is -1.10. The minimum Gasteiger partial charge on any atom is -0.493 e. The fourth-order valence-electron chi connectivity index (χ4n) is 2.12. The predicted molar refractivity (Wildman–Crippen MR) is 108 cm³/mol. The Labute approximate surface area is 169 Å². The molecule has 7 heteroatoms. The predicted octanol–water partition coefficient (Wildman–Crippen LogP) is 5.93. The van der Waals surface area contributed by atoms with Crippen molar-refractivity contribution in [1.82, 2.24) is 5.32 Å². The van der Waals surface area contributed by atoms with Gasteiger partial charge in [0.05, 0.1) is 12.1 Å². The van der Waals surface area contributed by atoms with Gasteiger partial charge in [0.2, 0.25) is 0 Å². The fraction of sp³-hybridized carbons (Fsp3) is 0.222. The summed E-state index contributed by atoms with van der Waals surface area (Å²) in [5.41, 5.74) is 1.81. The maximum atomic E-state index is 6.35. The SMILES string of the molecule is C=CCNCc1cc(Cl)c(OCc2ccc(Cl)cc2Cl)c(OC)c1.Cl. The topological polar surface area (TPSA) is 30.5 Å². The Balaban J connectivity index is 0.00000312. The zero-order chi connectivity index (χ0) is 17.5. The van der Waals surface area contributed by atoms with Gasteiger partial charge < -0.3 is 14.8 Å². The van der Waals surface area contributed by atoms with Crippen LogP contribution in [0.5, 0.6) is 11.5 Å². The molecule has 2 aromatic rings. The fourth-order valence-corrected chi connectivity index (χ4v) is 2.87. The van der Waals surface area contributed by atoms with Crippen LogP contribution in [0.4, 0.5) is 0 Å². The molecular formula is C18H19Cl4NO2. The van der Waals surface area contributed by atoms with Crippen molar-refractivity contribution < 1.29 is 9.47 Å². The van der Waals surface area contributed by atoms with Gasteiger partial charge in [0, 0.05) is 28.7 Å². The summed E-state index contributed by atoms with van der Waals surface area (Å²) in [5, 5.41) is 4.82. The number of halogens is 4. The third-order valence-corrected chi connectivity index (χ3v) is 4.16. The summed E-state index contributed by atoms with van der Waals surface area (Å²) < 4.78 is 11.2. The van der Waals surface area contributed by atoms with Crippen LogP contribution < -0.4 is 14.8 Å². The van der Waals surface area contributed by atoms with Crippen molar-refractivity contribution in [2.75, 3.05) is 13.7 Å². The monoisotopic (exact) mass is 421 g/mol. The first kappa shape index (κ1) is 21.9. The highest BCUT2D eigenvalue weighted by atomic mass is 35.5. The number of methoxy groups -OCH3 is 1. The van der Waals surface area contributed by atoms with Crippen molar-refractivity contribution in [3.8, 4) is 11.5 Å². The van der Waals surface area contributed by atoms with E-state index in [4.69, 9.17) is 44.3 Å². The van der Waals surface area contributed by atoms with E-state index in [0.717, 1.165) is 11.1 Å². The number of hydrogen-bond donors (Lipinski definition) is 1. The van der Waals surface area contributed by atoms with E-state index in [2.05, 4.69) is 11.9 Å². The van der Waals surface area contributed by atoms with Crippen LogP contribution >= 0.6 is 47.2 Å². The Kier molecular flexibility index (Phi) is 9.47. The first-order valence-electron chi connectivity index (χ1n) is 7.30. The number of ether oxygens (including phenoxy) is 2. The first-order chi connectivity index (χ1) is 11.5. The quantitative estimate of drug-likeness (QED) is 0.422. The van der Waals surface area contributed by atoms with E-state index < -0.39 is 0 Å². The second-order valence-corrected chi connectivity index (χ2v) is 6.30. The van der Waals surface area contributed by atoms with Crippen LogP contribution in [0.3, 0.4) is 0 Å². The van der Waals surface area contributed by atoms with Gasteiger partial charge in [-0.3, -0.25) is 0 Å². The van der Waals surface area contributed by atoms with Gasteiger partial charge in [-0.25, -0.2) is 0 Å². The molecule has 0 fully saturated rings. The molecule has 136 valence electrons. The second-order valence-electron chi connectivity index (χ2n) is 5.05. The van der Waals surface area contributed by atoms with Crippen molar-refractivity contribution >= 4 is 47.2 Å². The van der Waals surface area contributed by atoms with Crippen molar-refractivity contribution in [2.45, 2.75) is 13.2 Å². The maximum absolute atomic E-state index is 6.35. The largest absolute Gasteiger partial charge is 0.493 e.